The van der Waals surface area contributed by atoms with Crippen LogP contribution in [-0.2, 0) is 19.5 Å². The molecule has 6 nitrogen and oxygen atoms in total. The molecular formula is C13H19N5OS. The van der Waals surface area contributed by atoms with Gasteiger partial charge in [-0.1, -0.05) is 12.1 Å². The molecule has 1 N–H and O–H groups in total. The number of guanidine groups is 1. The molecule has 0 saturated carbocycles. The van der Waals surface area contributed by atoms with Crippen molar-refractivity contribution in [2.45, 2.75) is 26.4 Å². The van der Waals surface area contributed by atoms with Gasteiger partial charge in [-0.25, -0.2) is 4.98 Å². The number of aliphatic imine (C=N–C) groups is 1. The van der Waals surface area contributed by atoms with Crippen LogP contribution < -0.4 is 5.32 Å². The van der Waals surface area contributed by atoms with Gasteiger partial charge in [-0.2, -0.15) is 0 Å². The van der Waals surface area contributed by atoms with Crippen LogP contribution in [0.25, 0.3) is 0 Å². The van der Waals surface area contributed by atoms with Gasteiger partial charge in [-0.15, -0.1) is 11.3 Å². The molecule has 2 heterocycles. The summed E-state index contributed by atoms with van der Waals surface area (Å²) in [5.74, 6) is 0.805. The molecule has 0 radical (unpaired) electrons. The minimum Gasteiger partial charge on any atom is -0.364 e. The minimum absolute atomic E-state index is 0.646. The van der Waals surface area contributed by atoms with Crippen molar-refractivity contribution in [1.29, 1.82) is 0 Å². The zero-order valence-corrected chi connectivity index (χ0v) is 12.8. The van der Waals surface area contributed by atoms with Gasteiger partial charge in [0.2, 0.25) is 0 Å². The summed E-state index contributed by atoms with van der Waals surface area (Å²) in [7, 11) is 3.72. The van der Waals surface area contributed by atoms with Crippen LogP contribution in [0.4, 0.5) is 0 Å². The lowest BCUT2D eigenvalue weighted by Gasteiger charge is -2.20. The van der Waals surface area contributed by atoms with Crippen LogP contribution in [0.2, 0.25) is 0 Å². The number of aryl methyl sites for hydroxylation is 1. The van der Waals surface area contributed by atoms with E-state index in [1.165, 1.54) is 0 Å². The monoisotopic (exact) mass is 293 g/mol. The van der Waals surface area contributed by atoms with Gasteiger partial charge in [0.25, 0.3) is 0 Å². The average molecular weight is 293 g/mol. The molecule has 0 bridgehead atoms. The van der Waals surface area contributed by atoms with Crippen LogP contribution in [0.3, 0.4) is 0 Å². The van der Waals surface area contributed by atoms with E-state index in [1.807, 2.05) is 18.0 Å². The molecule has 0 aromatic carbocycles. The molecular weight excluding hydrogens is 274 g/mol. The topological polar surface area (TPSA) is 66.6 Å². The number of nitrogens with one attached hydrogen (secondary N) is 1. The molecule has 0 spiro atoms. The molecule has 0 aliphatic heterocycles. The molecule has 20 heavy (non-hydrogen) atoms. The molecule has 0 aliphatic carbocycles. The Morgan fingerprint density at radius 1 is 1.50 bits per heavy atom. The zero-order valence-electron chi connectivity index (χ0n) is 12.0. The Bertz CT molecular complexity index is 549. The highest BCUT2D eigenvalue weighted by Gasteiger charge is 2.09. The first-order valence-electron chi connectivity index (χ1n) is 6.47. The van der Waals surface area contributed by atoms with Gasteiger partial charge in [-0.05, 0) is 6.42 Å². The molecule has 0 atom stereocenters. The SMILES string of the molecule is CCc1nc(CNC(=NC)N(C)Cc2ccon2)cs1. The summed E-state index contributed by atoms with van der Waals surface area (Å²) in [6.45, 7) is 3.43. The molecule has 108 valence electrons. The third kappa shape index (κ3) is 3.80. The van der Waals surface area contributed by atoms with Crippen molar-refractivity contribution in [3.63, 3.8) is 0 Å². The number of rotatable bonds is 5. The molecule has 2 aromatic rings. The van der Waals surface area contributed by atoms with Gasteiger partial charge in [-0.3, -0.25) is 4.99 Å². The quantitative estimate of drug-likeness (QED) is 0.673. The predicted octanol–water partition coefficient (Wildman–Crippen LogP) is 1.90. The maximum Gasteiger partial charge on any atom is 0.194 e. The van der Waals surface area contributed by atoms with Crippen molar-refractivity contribution in [1.82, 2.24) is 20.4 Å². The van der Waals surface area contributed by atoms with Gasteiger partial charge >= 0.3 is 0 Å². The van der Waals surface area contributed by atoms with Gasteiger partial charge < -0.3 is 14.7 Å². The molecule has 0 unspecified atom stereocenters. The van der Waals surface area contributed by atoms with Crippen molar-refractivity contribution >= 4 is 17.3 Å². The molecule has 2 rings (SSSR count). The second kappa shape index (κ2) is 7.04. The normalized spacial score (nSPS) is 11.7. The number of nitrogens with zero attached hydrogens (tertiary/aromatic N) is 4. The molecule has 0 aliphatic rings. The Labute approximate surface area is 122 Å². The first-order valence-corrected chi connectivity index (χ1v) is 7.35. The maximum atomic E-state index is 4.83. The third-order valence-corrected chi connectivity index (χ3v) is 3.84. The van der Waals surface area contributed by atoms with Crippen molar-refractivity contribution in [3.8, 4) is 0 Å². The van der Waals surface area contributed by atoms with Crippen molar-refractivity contribution < 1.29 is 4.52 Å². The molecule has 0 saturated heterocycles. The van der Waals surface area contributed by atoms with Crippen molar-refractivity contribution in [2.75, 3.05) is 14.1 Å². The van der Waals surface area contributed by atoms with E-state index in [9.17, 15) is 0 Å². The highest BCUT2D eigenvalue weighted by molar-refractivity contribution is 7.09. The average Bonchev–Trinajstić information content (AvgIpc) is 3.10. The van der Waals surface area contributed by atoms with E-state index in [0.717, 1.165) is 28.8 Å². The van der Waals surface area contributed by atoms with Crippen molar-refractivity contribution in [3.05, 3.63) is 34.1 Å². The molecule has 7 heteroatoms. The van der Waals surface area contributed by atoms with E-state index in [2.05, 4.69) is 32.8 Å². The number of thiazole rings is 1. The summed E-state index contributed by atoms with van der Waals surface area (Å²) in [6, 6.07) is 1.84. The Kier molecular flexibility index (Phi) is 5.11. The number of aromatic nitrogens is 2. The smallest absolute Gasteiger partial charge is 0.194 e. The summed E-state index contributed by atoms with van der Waals surface area (Å²) in [5.41, 5.74) is 1.92. The van der Waals surface area contributed by atoms with Gasteiger partial charge in [0.05, 0.1) is 23.8 Å². The van der Waals surface area contributed by atoms with Crippen LogP contribution >= 0.6 is 11.3 Å². The number of hydrogen-bond acceptors (Lipinski definition) is 5. The van der Waals surface area contributed by atoms with E-state index in [0.29, 0.717) is 13.1 Å². The zero-order chi connectivity index (χ0) is 14.4. The fraction of sp³-hybridized carbons (Fsp3) is 0.462. The summed E-state index contributed by atoms with van der Waals surface area (Å²) in [6.07, 6.45) is 2.55. The molecule has 2 aromatic heterocycles. The number of hydrogen-bond donors (Lipinski definition) is 1. The predicted molar refractivity (Wildman–Crippen MR) is 79.7 cm³/mol. The Morgan fingerprint density at radius 3 is 2.95 bits per heavy atom. The first kappa shape index (κ1) is 14.5. The first-order chi connectivity index (χ1) is 9.72. The third-order valence-electron chi connectivity index (χ3n) is 2.79. The standard InChI is InChI=1S/C13H19N5OS/c1-4-12-16-11(9-20-12)7-15-13(14-2)18(3)8-10-5-6-19-17-10/h5-6,9H,4,7-8H2,1-3H3,(H,14,15). The van der Waals surface area contributed by atoms with Crippen LogP contribution in [-0.4, -0.2) is 35.1 Å². The largest absolute Gasteiger partial charge is 0.364 e. The van der Waals surface area contributed by atoms with Gasteiger partial charge in [0, 0.05) is 25.5 Å². The van der Waals surface area contributed by atoms with E-state index >= 15 is 0 Å². The molecule has 0 amide bonds. The highest BCUT2D eigenvalue weighted by Crippen LogP contribution is 2.10. The Hall–Kier alpha value is -1.89. The summed E-state index contributed by atoms with van der Waals surface area (Å²) in [5, 5.41) is 10.4. The van der Waals surface area contributed by atoms with Crippen LogP contribution in [0.15, 0.2) is 27.2 Å². The lowest BCUT2D eigenvalue weighted by molar-refractivity contribution is 0.391. The minimum atomic E-state index is 0.646. The summed E-state index contributed by atoms with van der Waals surface area (Å²) >= 11 is 1.69. The van der Waals surface area contributed by atoms with Crippen LogP contribution in [0.5, 0.6) is 0 Å². The Balaban J connectivity index is 1.88. The van der Waals surface area contributed by atoms with E-state index < -0.39 is 0 Å². The fourth-order valence-corrected chi connectivity index (χ4v) is 2.53. The van der Waals surface area contributed by atoms with E-state index in [1.54, 1.807) is 24.6 Å². The van der Waals surface area contributed by atoms with Crippen LogP contribution in [0.1, 0.15) is 23.3 Å². The van der Waals surface area contributed by atoms with Gasteiger partial charge in [0.15, 0.2) is 5.96 Å². The lowest BCUT2D eigenvalue weighted by atomic mass is 10.4. The Morgan fingerprint density at radius 2 is 2.35 bits per heavy atom. The van der Waals surface area contributed by atoms with Gasteiger partial charge in [0.1, 0.15) is 12.0 Å². The molecule has 0 fully saturated rings. The summed E-state index contributed by atoms with van der Waals surface area (Å²) in [4.78, 5) is 10.8. The lowest BCUT2D eigenvalue weighted by Crippen LogP contribution is -2.38. The van der Waals surface area contributed by atoms with E-state index in [4.69, 9.17) is 4.52 Å². The fourth-order valence-electron chi connectivity index (χ4n) is 1.78. The van der Waals surface area contributed by atoms with Crippen molar-refractivity contribution in [2.24, 2.45) is 4.99 Å². The van der Waals surface area contributed by atoms with Crippen LogP contribution in [0, 0.1) is 0 Å². The highest BCUT2D eigenvalue weighted by atomic mass is 32.1. The second-order valence-electron chi connectivity index (χ2n) is 4.33. The maximum absolute atomic E-state index is 4.83. The second-order valence-corrected chi connectivity index (χ2v) is 5.28. The van der Waals surface area contributed by atoms with E-state index in [-0.39, 0.29) is 0 Å². The summed E-state index contributed by atoms with van der Waals surface area (Å²) < 4.78 is 4.83.